The molecule has 0 spiro atoms. The number of nitrogens with zero attached hydrogens (tertiary/aromatic N) is 2. The van der Waals surface area contributed by atoms with Crippen molar-refractivity contribution in [2.45, 2.75) is 44.2 Å². The molecule has 0 radical (unpaired) electrons. The van der Waals surface area contributed by atoms with E-state index in [2.05, 4.69) is 5.32 Å². The third-order valence-electron chi connectivity index (χ3n) is 5.84. The standard InChI is InChI=1S/C19H25N3O2/c1-21(19(24)20-15-11-13-10-14(13)12-15)17-8-5-9-22(18(17)23)16-6-3-2-4-7-16/h2-4,6-7,13-15,17H,5,8-12H2,1H3,(H,20,24). The Bertz CT molecular complexity index is 623. The van der Waals surface area contributed by atoms with Gasteiger partial charge >= 0.3 is 6.03 Å². The molecule has 0 aromatic heterocycles. The van der Waals surface area contributed by atoms with Crippen LogP contribution in [0.15, 0.2) is 30.3 Å². The number of hydrogen-bond donors (Lipinski definition) is 1. The van der Waals surface area contributed by atoms with E-state index in [-0.39, 0.29) is 18.0 Å². The van der Waals surface area contributed by atoms with Crippen molar-refractivity contribution in [2.75, 3.05) is 18.5 Å². The summed E-state index contributed by atoms with van der Waals surface area (Å²) >= 11 is 0. The van der Waals surface area contributed by atoms with Crippen LogP contribution in [0, 0.1) is 11.8 Å². The highest BCUT2D eigenvalue weighted by Crippen LogP contribution is 2.51. The molecule has 5 heteroatoms. The van der Waals surface area contributed by atoms with Gasteiger partial charge in [0.05, 0.1) is 0 Å². The molecule has 1 aliphatic heterocycles. The number of carbonyl (C=O) groups excluding carboxylic acids is 2. The zero-order valence-corrected chi connectivity index (χ0v) is 14.1. The minimum Gasteiger partial charge on any atom is -0.335 e. The van der Waals surface area contributed by atoms with Crippen LogP contribution in [0.25, 0.3) is 0 Å². The largest absolute Gasteiger partial charge is 0.335 e. The van der Waals surface area contributed by atoms with Gasteiger partial charge in [-0.25, -0.2) is 4.79 Å². The average molecular weight is 327 g/mol. The van der Waals surface area contributed by atoms with Crippen molar-refractivity contribution in [1.29, 1.82) is 0 Å². The number of likely N-dealkylation sites (N-methyl/N-ethyl adjacent to an activating group) is 1. The van der Waals surface area contributed by atoms with Crippen molar-refractivity contribution in [3.8, 4) is 0 Å². The maximum Gasteiger partial charge on any atom is 0.318 e. The Morgan fingerprint density at radius 1 is 1.17 bits per heavy atom. The topological polar surface area (TPSA) is 52.7 Å². The molecule has 5 nitrogen and oxygen atoms in total. The van der Waals surface area contributed by atoms with Crippen LogP contribution in [0.2, 0.25) is 0 Å². The van der Waals surface area contributed by atoms with Crippen molar-refractivity contribution in [3.05, 3.63) is 30.3 Å². The maximum absolute atomic E-state index is 12.9. The summed E-state index contributed by atoms with van der Waals surface area (Å²) in [6.07, 6.45) is 5.21. The second-order valence-corrected chi connectivity index (χ2v) is 7.47. The summed E-state index contributed by atoms with van der Waals surface area (Å²) < 4.78 is 0. The Balaban J connectivity index is 1.40. The number of anilines is 1. The van der Waals surface area contributed by atoms with Crippen molar-refractivity contribution < 1.29 is 9.59 Å². The first-order valence-electron chi connectivity index (χ1n) is 9.03. The number of fused-ring (bicyclic) bond motifs is 1. The predicted octanol–water partition coefficient (Wildman–Crippen LogP) is 2.62. The molecule has 2 aliphatic carbocycles. The summed E-state index contributed by atoms with van der Waals surface area (Å²) in [5.74, 6) is 1.70. The third kappa shape index (κ3) is 2.87. The fourth-order valence-corrected chi connectivity index (χ4v) is 4.33. The van der Waals surface area contributed by atoms with E-state index >= 15 is 0 Å². The molecule has 3 unspecified atom stereocenters. The molecule has 3 atom stereocenters. The molecule has 1 N–H and O–H groups in total. The summed E-state index contributed by atoms with van der Waals surface area (Å²) in [6.45, 7) is 0.723. The zero-order valence-electron chi connectivity index (χ0n) is 14.1. The summed E-state index contributed by atoms with van der Waals surface area (Å²) in [6, 6.07) is 9.55. The quantitative estimate of drug-likeness (QED) is 0.928. The van der Waals surface area contributed by atoms with Gasteiger partial charge in [0.25, 0.3) is 0 Å². The molecule has 4 rings (SSSR count). The molecule has 1 aromatic rings. The second-order valence-electron chi connectivity index (χ2n) is 7.47. The molecular formula is C19H25N3O2. The first-order valence-corrected chi connectivity index (χ1v) is 9.03. The molecule has 0 bridgehead atoms. The molecule has 3 fully saturated rings. The SMILES string of the molecule is CN(C(=O)NC1CC2CC2C1)C1CCCN(c2ccccc2)C1=O. The Morgan fingerprint density at radius 2 is 1.88 bits per heavy atom. The van der Waals surface area contributed by atoms with Crippen LogP contribution in [0.5, 0.6) is 0 Å². The molecule has 1 saturated heterocycles. The number of carbonyl (C=O) groups is 2. The van der Waals surface area contributed by atoms with Crippen LogP contribution < -0.4 is 10.2 Å². The third-order valence-corrected chi connectivity index (χ3v) is 5.84. The maximum atomic E-state index is 12.9. The lowest BCUT2D eigenvalue weighted by atomic mass is 10.0. The van der Waals surface area contributed by atoms with Crippen molar-refractivity contribution in [1.82, 2.24) is 10.2 Å². The van der Waals surface area contributed by atoms with Crippen LogP contribution in [0.4, 0.5) is 10.5 Å². The first-order chi connectivity index (χ1) is 11.6. The lowest BCUT2D eigenvalue weighted by molar-refractivity contribution is -0.123. The highest BCUT2D eigenvalue weighted by Gasteiger charge is 2.46. The summed E-state index contributed by atoms with van der Waals surface area (Å²) in [7, 11) is 1.75. The fraction of sp³-hybridized carbons (Fsp3) is 0.579. The Morgan fingerprint density at radius 3 is 2.58 bits per heavy atom. The van der Waals surface area contributed by atoms with Crippen LogP contribution in [0.1, 0.15) is 32.1 Å². The highest BCUT2D eigenvalue weighted by atomic mass is 16.2. The number of amides is 3. The fourth-order valence-electron chi connectivity index (χ4n) is 4.33. The van der Waals surface area contributed by atoms with E-state index in [0.29, 0.717) is 6.04 Å². The Hall–Kier alpha value is -2.04. The van der Waals surface area contributed by atoms with Gasteiger partial charge in [-0.05, 0) is 56.1 Å². The molecule has 3 aliphatic rings. The predicted molar refractivity (Wildman–Crippen MR) is 92.7 cm³/mol. The number of urea groups is 1. The van der Waals surface area contributed by atoms with Crippen molar-refractivity contribution in [3.63, 3.8) is 0 Å². The summed E-state index contributed by atoms with van der Waals surface area (Å²) in [5, 5.41) is 3.13. The summed E-state index contributed by atoms with van der Waals surface area (Å²) in [5.41, 5.74) is 0.914. The van der Waals surface area contributed by atoms with E-state index in [4.69, 9.17) is 0 Å². The van der Waals surface area contributed by atoms with Crippen molar-refractivity contribution >= 4 is 17.6 Å². The number of nitrogens with one attached hydrogen (secondary N) is 1. The van der Waals surface area contributed by atoms with E-state index < -0.39 is 0 Å². The van der Waals surface area contributed by atoms with Gasteiger partial charge in [0.15, 0.2) is 0 Å². The van der Waals surface area contributed by atoms with E-state index in [1.807, 2.05) is 35.2 Å². The van der Waals surface area contributed by atoms with Crippen LogP contribution in [0.3, 0.4) is 0 Å². The lowest BCUT2D eigenvalue weighted by Gasteiger charge is -2.37. The number of hydrogen-bond acceptors (Lipinski definition) is 2. The van der Waals surface area contributed by atoms with Gasteiger partial charge in [0.2, 0.25) is 5.91 Å². The van der Waals surface area contributed by atoms with Crippen LogP contribution in [-0.4, -0.2) is 42.5 Å². The number of rotatable bonds is 3. The highest BCUT2D eigenvalue weighted by molar-refractivity contribution is 5.99. The molecular weight excluding hydrogens is 302 g/mol. The second kappa shape index (κ2) is 6.11. The van der Waals surface area contributed by atoms with E-state index in [9.17, 15) is 9.59 Å². The molecule has 3 amide bonds. The number of para-hydroxylation sites is 1. The van der Waals surface area contributed by atoms with E-state index in [1.54, 1.807) is 11.9 Å². The van der Waals surface area contributed by atoms with Gasteiger partial charge in [0, 0.05) is 25.3 Å². The van der Waals surface area contributed by atoms with Crippen molar-refractivity contribution in [2.24, 2.45) is 11.8 Å². The Kier molecular flexibility index (Phi) is 3.94. The molecule has 128 valence electrons. The van der Waals surface area contributed by atoms with Gasteiger partial charge in [0.1, 0.15) is 6.04 Å². The molecule has 1 heterocycles. The first kappa shape index (κ1) is 15.5. The Labute approximate surface area is 143 Å². The smallest absolute Gasteiger partial charge is 0.318 e. The number of benzene rings is 1. The molecule has 1 aromatic carbocycles. The average Bonchev–Trinajstić information content (AvgIpc) is 3.21. The van der Waals surface area contributed by atoms with Gasteiger partial charge in [-0.15, -0.1) is 0 Å². The van der Waals surface area contributed by atoms with Gasteiger partial charge in [-0.1, -0.05) is 18.2 Å². The van der Waals surface area contributed by atoms with Gasteiger partial charge in [-0.2, -0.15) is 0 Å². The minimum atomic E-state index is -0.366. The van der Waals surface area contributed by atoms with Gasteiger partial charge < -0.3 is 15.1 Å². The number of piperidine rings is 1. The van der Waals surface area contributed by atoms with E-state index in [1.165, 1.54) is 6.42 Å². The lowest BCUT2D eigenvalue weighted by Crippen LogP contribution is -2.56. The minimum absolute atomic E-state index is 0.0272. The van der Waals surface area contributed by atoms with Crippen LogP contribution >= 0.6 is 0 Å². The molecule has 2 saturated carbocycles. The molecule has 24 heavy (non-hydrogen) atoms. The van der Waals surface area contributed by atoms with Gasteiger partial charge in [-0.3, -0.25) is 4.79 Å². The normalized spacial score (nSPS) is 31.5. The monoisotopic (exact) mass is 327 g/mol. The van der Waals surface area contributed by atoms with Crippen LogP contribution in [-0.2, 0) is 4.79 Å². The zero-order chi connectivity index (χ0) is 16.7. The van der Waals surface area contributed by atoms with E-state index in [0.717, 1.165) is 49.8 Å². The summed E-state index contributed by atoms with van der Waals surface area (Å²) in [4.78, 5) is 28.8.